The maximum absolute atomic E-state index is 2.30. The summed E-state index contributed by atoms with van der Waals surface area (Å²) in [6.45, 7) is 6.81. The van der Waals surface area contributed by atoms with E-state index < -0.39 is 0 Å². The fourth-order valence-electron chi connectivity index (χ4n) is 3.92. The molecule has 1 aromatic rings. The molecule has 0 N–H and O–H groups in total. The summed E-state index contributed by atoms with van der Waals surface area (Å²) in [5.74, 6) is 0. The van der Waals surface area contributed by atoms with E-state index in [2.05, 4.69) is 39.0 Å². The molecule has 0 spiro atoms. The van der Waals surface area contributed by atoms with Crippen LogP contribution >= 0.6 is 0 Å². The van der Waals surface area contributed by atoms with Gasteiger partial charge in [-0.1, -0.05) is 115 Å². The molecule has 0 aliphatic rings. The molecule has 0 atom stereocenters. The topological polar surface area (TPSA) is 0 Å². The van der Waals surface area contributed by atoms with Crippen LogP contribution in [-0.2, 0) is 6.42 Å². The summed E-state index contributed by atoms with van der Waals surface area (Å²) in [6, 6.07) is 6.70. The van der Waals surface area contributed by atoms with Crippen LogP contribution in [0.15, 0.2) is 18.2 Å². The molecule has 0 saturated carbocycles. The lowest BCUT2D eigenvalue weighted by molar-refractivity contribution is 0.532. The summed E-state index contributed by atoms with van der Waals surface area (Å²) < 4.78 is 0. The molecule has 0 radical (unpaired) electrons. The Morgan fingerprint density at radius 2 is 0.880 bits per heavy atom. The molecule has 0 aliphatic heterocycles. The first-order valence-corrected chi connectivity index (χ1v) is 11.3. The zero-order chi connectivity index (χ0) is 18.2. The zero-order valence-corrected chi connectivity index (χ0v) is 17.5. The lowest BCUT2D eigenvalue weighted by atomic mass is 9.97. The van der Waals surface area contributed by atoms with Gasteiger partial charge in [-0.05, 0) is 43.4 Å². The van der Waals surface area contributed by atoms with Crippen molar-refractivity contribution >= 4 is 0 Å². The van der Waals surface area contributed by atoms with Crippen molar-refractivity contribution in [2.24, 2.45) is 0 Å². The van der Waals surface area contributed by atoms with Crippen LogP contribution < -0.4 is 0 Å². The van der Waals surface area contributed by atoms with Crippen LogP contribution in [0.5, 0.6) is 0 Å². The molecule has 144 valence electrons. The van der Waals surface area contributed by atoms with Crippen molar-refractivity contribution in [1.82, 2.24) is 0 Å². The Morgan fingerprint density at radius 1 is 0.520 bits per heavy atom. The SMILES string of the molecule is CCCCCCCCCCCCCCCCCc1c(C)cccc1C. The number of unbranched alkanes of at least 4 members (excludes halogenated alkanes) is 14. The van der Waals surface area contributed by atoms with Crippen LogP contribution in [0.4, 0.5) is 0 Å². The Hall–Kier alpha value is -0.780. The molecule has 25 heavy (non-hydrogen) atoms. The van der Waals surface area contributed by atoms with E-state index in [1.165, 1.54) is 114 Å². The molecule has 0 heteroatoms. The Labute approximate surface area is 158 Å². The highest BCUT2D eigenvalue weighted by molar-refractivity contribution is 5.33. The molecule has 0 fully saturated rings. The highest BCUT2D eigenvalue weighted by atomic mass is 14.1. The van der Waals surface area contributed by atoms with Crippen molar-refractivity contribution in [2.75, 3.05) is 0 Å². The van der Waals surface area contributed by atoms with Crippen LogP contribution in [0, 0.1) is 13.8 Å². The summed E-state index contributed by atoms with van der Waals surface area (Å²) >= 11 is 0. The average Bonchev–Trinajstić information content (AvgIpc) is 2.60. The van der Waals surface area contributed by atoms with Gasteiger partial charge in [-0.2, -0.15) is 0 Å². The van der Waals surface area contributed by atoms with Gasteiger partial charge in [0, 0.05) is 0 Å². The van der Waals surface area contributed by atoms with Crippen LogP contribution in [0.2, 0.25) is 0 Å². The number of aryl methyl sites for hydroxylation is 2. The maximum atomic E-state index is 2.30. The van der Waals surface area contributed by atoms with Gasteiger partial charge in [-0.15, -0.1) is 0 Å². The minimum atomic E-state index is 1.27. The van der Waals surface area contributed by atoms with Crippen molar-refractivity contribution in [2.45, 2.75) is 124 Å². The second-order valence-electron chi connectivity index (χ2n) is 8.07. The van der Waals surface area contributed by atoms with E-state index in [-0.39, 0.29) is 0 Å². The molecule has 0 amide bonds. The van der Waals surface area contributed by atoms with Crippen LogP contribution in [0.3, 0.4) is 0 Å². The Morgan fingerprint density at radius 3 is 1.28 bits per heavy atom. The van der Waals surface area contributed by atoms with E-state index in [4.69, 9.17) is 0 Å². The van der Waals surface area contributed by atoms with Crippen molar-refractivity contribution in [1.29, 1.82) is 0 Å². The molecule has 0 nitrogen and oxygen atoms in total. The van der Waals surface area contributed by atoms with Crippen molar-refractivity contribution in [3.8, 4) is 0 Å². The minimum Gasteiger partial charge on any atom is -0.0654 e. The molecule has 0 bridgehead atoms. The Balaban J connectivity index is 1.83. The third-order valence-electron chi connectivity index (χ3n) is 5.67. The van der Waals surface area contributed by atoms with Gasteiger partial charge < -0.3 is 0 Å². The number of rotatable bonds is 16. The van der Waals surface area contributed by atoms with E-state index in [9.17, 15) is 0 Å². The predicted octanol–water partition coefficient (Wildman–Crippen LogP) is 8.72. The third kappa shape index (κ3) is 11.4. The van der Waals surface area contributed by atoms with Gasteiger partial charge in [0.15, 0.2) is 0 Å². The fraction of sp³-hybridized carbons (Fsp3) is 0.760. The standard InChI is InChI=1S/C25H44/c1-4-5-6-7-8-9-10-11-12-13-14-15-16-17-18-22-25-23(2)20-19-21-24(25)3/h19-21H,4-18,22H2,1-3H3. The monoisotopic (exact) mass is 344 g/mol. The van der Waals surface area contributed by atoms with E-state index in [1.807, 2.05) is 0 Å². The molecule has 0 saturated heterocycles. The largest absolute Gasteiger partial charge is 0.0654 e. The second-order valence-corrected chi connectivity index (χ2v) is 8.07. The normalized spacial score (nSPS) is 11.2. The molecular weight excluding hydrogens is 300 g/mol. The van der Waals surface area contributed by atoms with Gasteiger partial charge in [0.2, 0.25) is 0 Å². The van der Waals surface area contributed by atoms with Gasteiger partial charge in [0.25, 0.3) is 0 Å². The first kappa shape index (κ1) is 22.3. The van der Waals surface area contributed by atoms with Crippen LogP contribution in [0.1, 0.15) is 120 Å². The first-order chi connectivity index (χ1) is 12.3. The minimum absolute atomic E-state index is 1.27. The molecule has 0 aromatic heterocycles. The van der Waals surface area contributed by atoms with Crippen molar-refractivity contribution in [3.05, 3.63) is 34.9 Å². The van der Waals surface area contributed by atoms with Crippen LogP contribution in [0.25, 0.3) is 0 Å². The quantitative estimate of drug-likeness (QED) is 0.263. The fourth-order valence-corrected chi connectivity index (χ4v) is 3.92. The summed E-state index contributed by atoms with van der Waals surface area (Å²) in [6.07, 6.45) is 22.9. The number of hydrogen-bond acceptors (Lipinski definition) is 0. The van der Waals surface area contributed by atoms with Gasteiger partial charge in [0.05, 0.1) is 0 Å². The summed E-state index contributed by atoms with van der Waals surface area (Å²) in [4.78, 5) is 0. The number of hydrogen-bond donors (Lipinski definition) is 0. The Kier molecular flexibility index (Phi) is 13.8. The molecular formula is C25H44. The van der Waals surface area contributed by atoms with E-state index in [0.717, 1.165) is 0 Å². The van der Waals surface area contributed by atoms with E-state index >= 15 is 0 Å². The maximum Gasteiger partial charge on any atom is -0.0274 e. The van der Waals surface area contributed by atoms with E-state index in [1.54, 1.807) is 5.56 Å². The smallest absolute Gasteiger partial charge is 0.0274 e. The molecule has 0 unspecified atom stereocenters. The third-order valence-corrected chi connectivity index (χ3v) is 5.67. The van der Waals surface area contributed by atoms with Crippen molar-refractivity contribution in [3.63, 3.8) is 0 Å². The zero-order valence-electron chi connectivity index (χ0n) is 17.5. The number of benzene rings is 1. The van der Waals surface area contributed by atoms with Gasteiger partial charge in [-0.3, -0.25) is 0 Å². The molecule has 0 aliphatic carbocycles. The molecule has 1 aromatic carbocycles. The Bertz CT molecular complexity index is 398. The van der Waals surface area contributed by atoms with E-state index in [0.29, 0.717) is 0 Å². The van der Waals surface area contributed by atoms with Gasteiger partial charge in [-0.25, -0.2) is 0 Å². The summed E-state index contributed by atoms with van der Waals surface area (Å²) in [5, 5.41) is 0. The first-order valence-electron chi connectivity index (χ1n) is 11.3. The summed E-state index contributed by atoms with van der Waals surface area (Å²) in [5.41, 5.74) is 4.55. The average molecular weight is 345 g/mol. The van der Waals surface area contributed by atoms with Gasteiger partial charge in [0.1, 0.15) is 0 Å². The molecule has 1 rings (SSSR count). The predicted molar refractivity (Wildman–Crippen MR) is 115 cm³/mol. The van der Waals surface area contributed by atoms with Crippen LogP contribution in [-0.4, -0.2) is 0 Å². The van der Waals surface area contributed by atoms with Gasteiger partial charge >= 0.3 is 0 Å². The lowest BCUT2D eigenvalue weighted by Gasteiger charge is -2.09. The summed E-state index contributed by atoms with van der Waals surface area (Å²) in [7, 11) is 0. The highest BCUT2D eigenvalue weighted by Gasteiger charge is 2.01. The molecule has 0 heterocycles. The van der Waals surface area contributed by atoms with Crippen molar-refractivity contribution < 1.29 is 0 Å². The highest BCUT2D eigenvalue weighted by Crippen LogP contribution is 2.18. The second kappa shape index (κ2) is 15.5. The lowest BCUT2D eigenvalue weighted by Crippen LogP contribution is -1.94.